The van der Waals surface area contributed by atoms with Crippen molar-refractivity contribution >= 4 is 0 Å². The molecule has 0 amide bonds. The van der Waals surface area contributed by atoms with E-state index in [0.717, 1.165) is 6.42 Å². The minimum Gasteiger partial charge on any atom is -0.103 e. The van der Waals surface area contributed by atoms with Crippen molar-refractivity contribution in [1.29, 1.82) is 0 Å². The standard InChI is InChI=1S/C5H10.5C2H6/c1-3-5-4-2;5*1-2/h3H,1,4-5H2,2H3;5*1-2H3. The highest BCUT2D eigenvalue weighted by Gasteiger charge is 1.61. The molecule has 0 saturated heterocycles. The molecule has 0 aromatic carbocycles. The molecule has 0 N–H and O–H groups in total. The van der Waals surface area contributed by atoms with Crippen molar-refractivity contribution in [2.24, 2.45) is 0 Å². The smallest absolute Gasteiger partial charge is 0.0356 e. The third kappa shape index (κ3) is 625. The quantitative estimate of drug-likeness (QED) is 0.435. The Bertz CT molecular complexity index is 21.2. The Morgan fingerprint density at radius 1 is 0.667 bits per heavy atom. The molecule has 0 fully saturated rings. The van der Waals surface area contributed by atoms with Crippen LogP contribution in [0, 0.1) is 0 Å². The Balaban J connectivity index is -0.0000000177. The summed E-state index contributed by atoms with van der Waals surface area (Å²) in [5, 5.41) is 0. The van der Waals surface area contributed by atoms with E-state index in [9.17, 15) is 0 Å². The SMILES string of the molecule is C=CCCC.CC.CC.CC.CC.CC. The van der Waals surface area contributed by atoms with Crippen molar-refractivity contribution in [2.75, 3.05) is 0 Å². The van der Waals surface area contributed by atoms with E-state index in [1.165, 1.54) is 6.42 Å². The lowest BCUT2D eigenvalue weighted by Crippen LogP contribution is -1.52. The van der Waals surface area contributed by atoms with Gasteiger partial charge in [-0.2, -0.15) is 0 Å². The predicted octanol–water partition coefficient (Wildman–Crippen LogP) is 7.10. The fourth-order valence-electron chi connectivity index (χ4n) is 0.204. The van der Waals surface area contributed by atoms with E-state index in [-0.39, 0.29) is 0 Å². The zero-order chi connectivity index (χ0) is 14.1. The Kier molecular flexibility index (Phi) is 721. The molecular formula is C15H40. The molecule has 0 aliphatic carbocycles. The van der Waals surface area contributed by atoms with Crippen molar-refractivity contribution in [3.05, 3.63) is 12.7 Å². The van der Waals surface area contributed by atoms with Gasteiger partial charge in [-0.25, -0.2) is 0 Å². The highest BCUT2D eigenvalue weighted by molar-refractivity contribution is 4.63. The first kappa shape index (κ1) is 36.4. The molecule has 0 heteroatoms. The van der Waals surface area contributed by atoms with Crippen molar-refractivity contribution < 1.29 is 0 Å². The maximum Gasteiger partial charge on any atom is -0.0356 e. The van der Waals surface area contributed by atoms with Gasteiger partial charge in [0, 0.05) is 0 Å². The van der Waals surface area contributed by atoms with Crippen molar-refractivity contribution in [3.8, 4) is 0 Å². The molecule has 100 valence electrons. The minimum atomic E-state index is 1.15. The maximum atomic E-state index is 3.55. The third-order valence-electron chi connectivity index (χ3n) is 0.493. The summed E-state index contributed by atoms with van der Waals surface area (Å²) in [4.78, 5) is 0. The fourth-order valence-corrected chi connectivity index (χ4v) is 0.204. The molecule has 0 aliphatic heterocycles. The Morgan fingerprint density at radius 3 is 0.867 bits per heavy atom. The van der Waals surface area contributed by atoms with Gasteiger partial charge in [-0.3, -0.25) is 0 Å². The molecule has 0 atom stereocenters. The lowest BCUT2D eigenvalue weighted by molar-refractivity contribution is 0.961. The average molecular weight is 220 g/mol. The molecule has 0 heterocycles. The van der Waals surface area contributed by atoms with E-state index in [4.69, 9.17) is 0 Å². The van der Waals surface area contributed by atoms with Crippen LogP contribution in [0.1, 0.15) is 89.0 Å². The zero-order valence-electron chi connectivity index (χ0n) is 13.7. The molecule has 0 unspecified atom stereocenters. The summed E-state index contributed by atoms with van der Waals surface area (Å²) >= 11 is 0. The van der Waals surface area contributed by atoms with Gasteiger partial charge in [-0.15, -0.1) is 6.58 Å². The van der Waals surface area contributed by atoms with Gasteiger partial charge in [0.15, 0.2) is 0 Å². The first-order valence-electron chi connectivity index (χ1n) is 7.02. The lowest BCUT2D eigenvalue weighted by atomic mass is 10.3. The van der Waals surface area contributed by atoms with E-state index in [1.807, 2.05) is 75.3 Å². The van der Waals surface area contributed by atoms with Gasteiger partial charge >= 0.3 is 0 Å². The second-order valence-electron chi connectivity index (χ2n) is 1.08. The summed E-state index contributed by atoms with van der Waals surface area (Å²) in [5.74, 6) is 0. The Labute approximate surface area is 102 Å². The summed E-state index contributed by atoms with van der Waals surface area (Å²) in [7, 11) is 0. The van der Waals surface area contributed by atoms with Crippen LogP contribution in [0.25, 0.3) is 0 Å². The monoisotopic (exact) mass is 220 g/mol. The molecule has 0 saturated carbocycles. The third-order valence-corrected chi connectivity index (χ3v) is 0.493. The van der Waals surface area contributed by atoms with Crippen LogP contribution >= 0.6 is 0 Å². The number of hydrogen-bond acceptors (Lipinski definition) is 0. The highest BCUT2D eigenvalue weighted by Crippen LogP contribution is 1.82. The van der Waals surface area contributed by atoms with Crippen molar-refractivity contribution in [3.63, 3.8) is 0 Å². The van der Waals surface area contributed by atoms with E-state index in [1.54, 1.807) is 0 Å². The van der Waals surface area contributed by atoms with Crippen LogP contribution in [0.3, 0.4) is 0 Å². The fraction of sp³-hybridized carbons (Fsp3) is 0.867. The van der Waals surface area contributed by atoms with Crippen LogP contribution in [-0.2, 0) is 0 Å². The molecule has 0 spiro atoms. The molecule has 0 radical (unpaired) electrons. The molecule has 0 aromatic rings. The van der Waals surface area contributed by atoms with Crippen LogP contribution in [0.2, 0.25) is 0 Å². The molecular weight excluding hydrogens is 180 g/mol. The molecule has 0 bridgehead atoms. The lowest BCUT2D eigenvalue weighted by Gasteiger charge is -1.72. The second kappa shape index (κ2) is 297. The molecule has 0 rings (SSSR count). The van der Waals surface area contributed by atoms with Crippen LogP contribution in [0.4, 0.5) is 0 Å². The van der Waals surface area contributed by atoms with Gasteiger partial charge in [-0.1, -0.05) is 88.7 Å². The van der Waals surface area contributed by atoms with Crippen LogP contribution < -0.4 is 0 Å². The zero-order valence-corrected chi connectivity index (χ0v) is 13.7. The highest BCUT2D eigenvalue weighted by atomic mass is 13.7. The van der Waals surface area contributed by atoms with E-state index in [0.29, 0.717) is 0 Å². The van der Waals surface area contributed by atoms with Crippen molar-refractivity contribution in [1.82, 2.24) is 0 Å². The number of allylic oxidation sites excluding steroid dienone is 1. The normalized spacial score (nSPS) is 4.47. The molecule has 15 heavy (non-hydrogen) atoms. The van der Waals surface area contributed by atoms with Gasteiger partial charge in [0.1, 0.15) is 0 Å². The summed E-state index contributed by atoms with van der Waals surface area (Å²) < 4.78 is 0. The van der Waals surface area contributed by atoms with Gasteiger partial charge < -0.3 is 0 Å². The van der Waals surface area contributed by atoms with Crippen LogP contribution in [0.15, 0.2) is 12.7 Å². The first-order valence-corrected chi connectivity index (χ1v) is 7.02. The van der Waals surface area contributed by atoms with E-state index in [2.05, 4.69) is 13.5 Å². The average Bonchev–Trinajstić information content (AvgIpc) is 2.42. The molecule has 0 nitrogen and oxygen atoms in total. The molecule has 0 aliphatic rings. The van der Waals surface area contributed by atoms with Gasteiger partial charge in [-0.05, 0) is 6.42 Å². The van der Waals surface area contributed by atoms with Crippen molar-refractivity contribution in [2.45, 2.75) is 89.0 Å². The summed E-state index contributed by atoms with van der Waals surface area (Å²) in [5.41, 5.74) is 0. The van der Waals surface area contributed by atoms with E-state index >= 15 is 0 Å². The Hall–Kier alpha value is -0.260. The largest absolute Gasteiger partial charge is 0.103 e. The second-order valence-corrected chi connectivity index (χ2v) is 1.08. The number of rotatable bonds is 2. The molecule has 0 aromatic heterocycles. The maximum absolute atomic E-state index is 3.55. The summed E-state index contributed by atoms with van der Waals surface area (Å²) in [6.07, 6.45) is 4.31. The Morgan fingerprint density at radius 2 is 0.867 bits per heavy atom. The van der Waals surface area contributed by atoms with E-state index < -0.39 is 0 Å². The summed E-state index contributed by atoms with van der Waals surface area (Å²) in [6.45, 7) is 25.7. The predicted molar refractivity (Wildman–Crippen MR) is 81.8 cm³/mol. The minimum absolute atomic E-state index is 1.15. The van der Waals surface area contributed by atoms with Crippen LogP contribution in [-0.4, -0.2) is 0 Å². The first-order chi connectivity index (χ1) is 7.41. The van der Waals surface area contributed by atoms with Crippen LogP contribution in [0.5, 0.6) is 0 Å². The number of unbranched alkanes of at least 4 members (excludes halogenated alkanes) is 1. The number of hydrogen-bond donors (Lipinski definition) is 0. The van der Waals surface area contributed by atoms with Gasteiger partial charge in [0.05, 0.1) is 0 Å². The van der Waals surface area contributed by atoms with Gasteiger partial charge in [0.25, 0.3) is 0 Å². The van der Waals surface area contributed by atoms with Gasteiger partial charge in [0.2, 0.25) is 0 Å². The topological polar surface area (TPSA) is 0 Å². The summed E-state index contributed by atoms with van der Waals surface area (Å²) in [6, 6.07) is 0.